The SMILES string of the molecule is COC(=O)c1cc(C)c(C)c(CC2CCCN2)c1. The number of ether oxygens (including phenoxy) is 1. The maximum Gasteiger partial charge on any atom is 0.337 e. The van der Waals surface area contributed by atoms with Gasteiger partial charge < -0.3 is 10.1 Å². The Balaban J connectivity index is 2.26. The predicted octanol–water partition coefficient (Wildman–Crippen LogP) is 2.38. The van der Waals surface area contributed by atoms with E-state index in [0.717, 1.165) is 18.5 Å². The van der Waals surface area contributed by atoms with Crippen LogP contribution >= 0.6 is 0 Å². The van der Waals surface area contributed by atoms with Crippen LogP contribution in [0, 0.1) is 13.8 Å². The van der Waals surface area contributed by atoms with Crippen LogP contribution in [-0.2, 0) is 11.2 Å². The molecular weight excluding hydrogens is 226 g/mol. The zero-order valence-corrected chi connectivity index (χ0v) is 11.4. The van der Waals surface area contributed by atoms with Crippen molar-refractivity contribution in [2.75, 3.05) is 13.7 Å². The summed E-state index contributed by atoms with van der Waals surface area (Å²) in [5.41, 5.74) is 4.37. The number of hydrogen-bond donors (Lipinski definition) is 1. The number of aryl methyl sites for hydroxylation is 1. The Morgan fingerprint density at radius 1 is 1.44 bits per heavy atom. The average molecular weight is 247 g/mol. The number of hydrogen-bond acceptors (Lipinski definition) is 3. The molecule has 1 aromatic rings. The van der Waals surface area contributed by atoms with Crippen LogP contribution in [0.15, 0.2) is 12.1 Å². The van der Waals surface area contributed by atoms with Crippen LogP contribution in [0.3, 0.4) is 0 Å². The van der Waals surface area contributed by atoms with Gasteiger partial charge in [0.15, 0.2) is 0 Å². The number of benzene rings is 1. The van der Waals surface area contributed by atoms with Gasteiger partial charge in [0.05, 0.1) is 12.7 Å². The number of esters is 1. The molecule has 1 aliphatic rings. The highest BCUT2D eigenvalue weighted by atomic mass is 16.5. The Hall–Kier alpha value is -1.35. The molecule has 18 heavy (non-hydrogen) atoms. The van der Waals surface area contributed by atoms with Gasteiger partial charge in [-0.25, -0.2) is 4.79 Å². The summed E-state index contributed by atoms with van der Waals surface area (Å²) < 4.78 is 4.80. The molecule has 1 fully saturated rings. The summed E-state index contributed by atoms with van der Waals surface area (Å²) in [6.45, 7) is 5.29. The lowest BCUT2D eigenvalue weighted by molar-refractivity contribution is 0.0600. The van der Waals surface area contributed by atoms with Crippen LogP contribution in [-0.4, -0.2) is 25.7 Å². The third-order valence-corrected chi connectivity index (χ3v) is 3.82. The lowest BCUT2D eigenvalue weighted by Crippen LogP contribution is -2.24. The molecule has 1 saturated heterocycles. The van der Waals surface area contributed by atoms with E-state index in [0.29, 0.717) is 11.6 Å². The molecule has 0 saturated carbocycles. The standard InChI is InChI=1S/C15H21NO2/c1-10-7-13(15(17)18-3)8-12(11(10)2)9-14-5-4-6-16-14/h7-8,14,16H,4-6,9H2,1-3H3. The third kappa shape index (κ3) is 2.72. The molecule has 1 aromatic carbocycles. The van der Waals surface area contributed by atoms with Crippen LogP contribution in [0.2, 0.25) is 0 Å². The van der Waals surface area contributed by atoms with E-state index < -0.39 is 0 Å². The highest BCUT2D eigenvalue weighted by Gasteiger charge is 2.17. The van der Waals surface area contributed by atoms with Crippen molar-refractivity contribution in [3.8, 4) is 0 Å². The minimum atomic E-state index is -0.251. The number of methoxy groups -OCH3 is 1. The van der Waals surface area contributed by atoms with Gasteiger partial charge in [-0.05, 0) is 68.5 Å². The van der Waals surface area contributed by atoms with Gasteiger partial charge in [-0.2, -0.15) is 0 Å². The van der Waals surface area contributed by atoms with Crippen LogP contribution in [0.25, 0.3) is 0 Å². The molecule has 2 rings (SSSR count). The first-order valence-corrected chi connectivity index (χ1v) is 6.53. The summed E-state index contributed by atoms with van der Waals surface area (Å²) in [5, 5.41) is 3.50. The molecule has 3 heteroatoms. The fourth-order valence-corrected chi connectivity index (χ4v) is 2.58. The molecule has 1 heterocycles. The van der Waals surface area contributed by atoms with E-state index in [-0.39, 0.29) is 5.97 Å². The Morgan fingerprint density at radius 3 is 2.83 bits per heavy atom. The molecule has 3 nitrogen and oxygen atoms in total. The van der Waals surface area contributed by atoms with E-state index in [1.54, 1.807) is 0 Å². The average Bonchev–Trinajstić information content (AvgIpc) is 2.86. The molecule has 0 radical (unpaired) electrons. The van der Waals surface area contributed by atoms with E-state index >= 15 is 0 Å². The second-order valence-electron chi connectivity index (χ2n) is 5.07. The zero-order valence-electron chi connectivity index (χ0n) is 11.4. The summed E-state index contributed by atoms with van der Waals surface area (Å²) in [7, 11) is 1.43. The van der Waals surface area contributed by atoms with Crippen LogP contribution < -0.4 is 5.32 Å². The molecule has 1 unspecified atom stereocenters. The molecule has 1 N–H and O–H groups in total. The second-order valence-corrected chi connectivity index (χ2v) is 5.07. The quantitative estimate of drug-likeness (QED) is 0.833. The van der Waals surface area contributed by atoms with Gasteiger partial charge >= 0.3 is 5.97 Å². The van der Waals surface area contributed by atoms with E-state index in [2.05, 4.69) is 12.2 Å². The molecule has 0 aromatic heterocycles. The van der Waals surface area contributed by atoms with Gasteiger partial charge in [0.1, 0.15) is 0 Å². The second kappa shape index (κ2) is 5.53. The van der Waals surface area contributed by atoms with Crippen molar-refractivity contribution < 1.29 is 9.53 Å². The van der Waals surface area contributed by atoms with Crippen LogP contribution in [0.4, 0.5) is 0 Å². The van der Waals surface area contributed by atoms with E-state index in [4.69, 9.17) is 4.74 Å². The van der Waals surface area contributed by atoms with Crippen molar-refractivity contribution in [1.29, 1.82) is 0 Å². The number of nitrogens with one attached hydrogen (secondary N) is 1. The van der Waals surface area contributed by atoms with Gasteiger partial charge in [-0.1, -0.05) is 0 Å². The highest BCUT2D eigenvalue weighted by molar-refractivity contribution is 5.90. The van der Waals surface area contributed by atoms with Crippen molar-refractivity contribution in [2.45, 2.75) is 39.2 Å². The molecule has 0 aliphatic carbocycles. The Morgan fingerprint density at radius 2 is 2.22 bits per heavy atom. The minimum absolute atomic E-state index is 0.251. The van der Waals surface area contributed by atoms with Crippen molar-refractivity contribution >= 4 is 5.97 Å². The normalized spacial score (nSPS) is 18.9. The number of carbonyl (C=O) groups is 1. The Labute approximate surface area is 109 Å². The van der Waals surface area contributed by atoms with Gasteiger partial charge in [0.25, 0.3) is 0 Å². The highest BCUT2D eigenvalue weighted by Crippen LogP contribution is 2.21. The van der Waals surface area contributed by atoms with E-state index in [1.807, 2.05) is 19.1 Å². The van der Waals surface area contributed by atoms with Crippen LogP contribution in [0.5, 0.6) is 0 Å². The minimum Gasteiger partial charge on any atom is -0.465 e. The lowest BCUT2D eigenvalue weighted by Gasteiger charge is -2.15. The van der Waals surface area contributed by atoms with Gasteiger partial charge in [-0.15, -0.1) is 0 Å². The smallest absolute Gasteiger partial charge is 0.337 e. The van der Waals surface area contributed by atoms with Crippen molar-refractivity contribution in [3.05, 3.63) is 34.4 Å². The van der Waals surface area contributed by atoms with Gasteiger partial charge in [0, 0.05) is 6.04 Å². The molecule has 0 bridgehead atoms. The van der Waals surface area contributed by atoms with E-state index in [1.165, 1.54) is 31.1 Å². The molecule has 98 valence electrons. The lowest BCUT2D eigenvalue weighted by atomic mass is 9.94. The summed E-state index contributed by atoms with van der Waals surface area (Å²) in [4.78, 5) is 11.6. The summed E-state index contributed by atoms with van der Waals surface area (Å²) in [6.07, 6.45) is 3.47. The van der Waals surface area contributed by atoms with Crippen LogP contribution in [0.1, 0.15) is 39.9 Å². The maximum absolute atomic E-state index is 11.6. The molecular formula is C15H21NO2. The summed E-state index contributed by atoms with van der Waals surface area (Å²) in [6, 6.07) is 4.44. The Bertz CT molecular complexity index is 448. The van der Waals surface area contributed by atoms with Gasteiger partial charge in [-0.3, -0.25) is 0 Å². The largest absolute Gasteiger partial charge is 0.465 e. The first kappa shape index (κ1) is 13.1. The number of carbonyl (C=O) groups excluding carboxylic acids is 1. The number of rotatable bonds is 3. The molecule has 0 amide bonds. The predicted molar refractivity (Wildman–Crippen MR) is 72.0 cm³/mol. The Kier molecular flexibility index (Phi) is 4.02. The topological polar surface area (TPSA) is 38.3 Å². The first-order valence-electron chi connectivity index (χ1n) is 6.53. The zero-order chi connectivity index (χ0) is 13.1. The molecule has 0 spiro atoms. The first-order chi connectivity index (χ1) is 8.61. The van der Waals surface area contributed by atoms with Crippen molar-refractivity contribution in [1.82, 2.24) is 5.32 Å². The third-order valence-electron chi connectivity index (χ3n) is 3.82. The molecule has 1 atom stereocenters. The van der Waals surface area contributed by atoms with E-state index in [9.17, 15) is 4.79 Å². The summed E-state index contributed by atoms with van der Waals surface area (Å²) >= 11 is 0. The van der Waals surface area contributed by atoms with Gasteiger partial charge in [0.2, 0.25) is 0 Å². The maximum atomic E-state index is 11.6. The molecule has 1 aliphatic heterocycles. The fraction of sp³-hybridized carbons (Fsp3) is 0.533. The van der Waals surface area contributed by atoms with Crippen molar-refractivity contribution in [2.24, 2.45) is 0 Å². The van der Waals surface area contributed by atoms with Crippen molar-refractivity contribution in [3.63, 3.8) is 0 Å². The fourth-order valence-electron chi connectivity index (χ4n) is 2.58. The summed E-state index contributed by atoms with van der Waals surface area (Å²) in [5.74, 6) is -0.251. The monoisotopic (exact) mass is 247 g/mol.